The number of carbonyl (C=O) groups is 2. The van der Waals surface area contributed by atoms with Crippen molar-refractivity contribution in [1.29, 1.82) is 0 Å². The molecule has 0 N–H and O–H groups in total. The van der Waals surface area contributed by atoms with Crippen molar-refractivity contribution in [2.45, 2.75) is 71.1 Å². The quantitative estimate of drug-likeness (QED) is 0.775. The number of carbonyl (C=O) groups excluding carboxylic acids is 2. The van der Waals surface area contributed by atoms with Crippen LogP contribution in [0.3, 0.4) is 0 Å². The molecular formula is C19H26N2O3. The number of aromatic nitrogens is 1. The molecule has 130 valence electrons. The first kappa shape index (κ1) is 16.9. The molecule has 0 spiro atoms. The number of piperidine rings is 1. The van der Waals surface area contributed by atoms with Crippen molar-refractivity contribution >= 4 is 11.9 Å². The molecule has 2 aliphatic rings. The summed E-state index contributed by atoms with van der Waals surface area (Å²) in [6.45, 7) is 7.61. The molecule has 2 bridgehead atoms. The van der Waals surface area contributed by atoms with Crippen molar-refractivity contribution in [3.05, 3.63) is 29.6 Å². The number of hydrogen-bond donors (Lipinski definition) is 0. The first-order valence-electron chi connectivity index (χ1n) is 8.73. The van der Waals surface area contributed by atoms with Gasteiger partial charge in [-0.15, -0.1) is 0 Å². The molecule has 0 aromatic carbocycles. The topological polar surface area (TPSA) is 59.5 Å². The third-order valence-corrected chi connectivity index (χ3v) is 4.88. The first-order valence-corrected chi connectivity index (χ1v) is 8.73. The van der Waals surface area contributed by atoms with Gasteiger partial charge in [0.1, 0.15) is 11.3 Å². The van der Waals surface area contributed by atoms with Crippen molar-refractivity contribution in [3.8, 4) is 0 Å². The molecule has 3 heterocycles. The minimum atomic E-state index is -0.491. The maximum atomic E-state index is 12.8. The fraction of sp³-hybridized carbons (Fsp3) is 0.632. The molecule has 2 saturated heterocycles. The van der Waals surface area contributed by atoms with E-state index in [9.17, 15) is 9.59 Å². The van der Waals surface area contributed by atoms with E-state index < -0.39 is 5.60 Å². The van der Waals surface area contributed by atoms with Crippen LogP contribution in [0.5, 0.6) is 0 Å². The summed E-state index contributed by atoms with van der Waals surface area (Å²) < 4.78 is 5.54. The van der Waals surface area contributed by atoms with Gasteiger partial charge in [0, 0.05) is 24.2 Å². The highest BCUT2D eigenvalue weighted by molar-refractivity contribution is 5.96. The SMILES string of the molecule is Cc1ccnc(C(=O)C2CC3CCC(C2)N3C(=O)OC(C)(C)C)c1. The molecule has 5 nitrogen and oxygen atoms in total. The summed E-state index contributed by atoms with van der Waals surface area (Å²) in [7, 11) is 0. The highest BCUT2D eigenvalue weighted by Crippen LogP contribution is 2.40. The van der Waals surface area contributed by atoms with Crippen molar-refractivity contribution in [2.75, 3.05) is 0 Å². The molecule has 2 aliphatic heterocycles. The fourth-order valence-electron chi connectivity index (χ4n) is 3.88. The Kier molecular flexibility index (Phi) is 4.37. The number of pyridine rings is 1. The Morgan fingerprint density at radius 1 is 1.21 bits per heavy atom. The predicted octanol–water partition coefficient (Wildman–Crippen LogP) is 3.75. The summed E-state index contributed by atoms with van der Waals surface area (Å²) >= 11 is 0. The first-order chi connectivity index (χ1) is 11.2. The third kappa shape index (κ3) is 3.45. The second-order valence-corrected chi connectivity index (χ2v) is 8.02. The van der Waals surface area contributed by atoms with E-state index in [4.69, 9.17) is 4.74 Å². The lowest BCUT2D eigenvalue weighted by molar-refractivity contribution is 0.00251. The minimum Gasteiger partial charge on any atom is -0.444 e. The van der Waals surface area contributed by atoms with Gasteiger partial charge in [0.2, 0.25) is 0 Å². The van der Waals surface area contributed by atoms with Crippen LogP contribution >= 0.6 is 0 Å². The van der Waals surface area contributed by atoms with Gasteiger partial charge in [-0.1, -0.05) is 0 Å². The number of rotatable bonds is 2. The van der Waals surface area contributed by atoms with E-state index in [0.29, 0.717) is 18.5 Å². The van der Waals surface area contributed by atoms with Crippen LogP contribution in [0.2, 0.25) is 0 Å². The number of fused-ring (bicyclic) bond motifs is 2. The summed E-state index contributed by atoms with van der Waals surface area (Å²) in [5.41, 5.74) is 1.10. The summed E-state index contributed by atoms with van der Waals surface area (Å²) in [5.74, 6) is 0.0647. The standard InChI is InChI=1S/C19H26N2O3/c1-12-7-8-20-16(9-12)17(22)13-10-14-5-6-15(11-13)21(14)18(23)24-19(2,3)4/h7-9,13-15H,5-6,10-11H2,1-4H3. The van der Waals surface area contributed by atoms with Gasteiger partial charge in [0.15, 0.2) is 5.78 Å². The number of hydrogen-bond acceptors (Lipinski definition) is 4. The van der Waals surface area contributed by atoms with Crippen molar-refractivity contribution in [1.82, 2.24) is 9.88 Å². The lowest BCUT2D eigenvalue weighted by Gasteiger charge is -2.38. The van der Waals surface area contributed by atoms with Crippen molar-refractivity contribution in [3.63, 3.8) is 0 Å². The summed E-state index contributed by atoms with van der Waals surface area (Å²) in [6.07, 6.45) is 4.78. The number of ketones is 1. The minimum absolute atomic E-state index is 0.0458. The monoisotopic (exact) mass is 330 g/mol. The Balaban J connectivity index is 1.71. The van der Waals surface area contributed by atoms with E-state index >= 15 is 0 Å². The van der Waals surface area contributed by atoms with Crippen LogP contribution in [0.4, 0.5) is 4.79 Å². The average Bonchev–Trinajstić information content (AvgIpc) is 2.75. The molecule has 5 heteroatoms. The lowest BCUT2D eigenvalue weighted by Crippen LogP contribution is -2.49. The largest absolute Gasteiger partial charge is 0.444 e. The maximum Gasteiger partial charge on any atom is 0.410 e. The molecule has 2 fully saturated rings. The molecule has 1 aromatic heterocycles. The zero-order valence-electron chi connectivity index (χ0n) is 14.9. The number of Topliss-reactive ketones (excluding diaryl/α,β-unsaturated/α-hetero) is 1. The Labute approximate surface area is 143 Å². The van der Waals surface area contributed by atoms with Gasteiger partial charge in [-0.3, -0.25) is 9.78 Å². The zero-order valence-corrected chi connectivity index (χ0v) is 14.9. The number of nitrogens with zero attached hydrogens (tertiary/aromatic N) is 2. The van der Waals surface area contributed by atoms with Gasteiger partial charge in [0.05, 0.1) is 0 Å². The molecule has 3 rings (SSSR count). The van der Waals surface area contributed by atoms with Gasteiger partial charge in [0.25, 0.3) is 0 Å². The van der Waals surface area contributed by atoms with E-state index in [1.165, 1.54) is 0 Å². The second-order valence-electron chi connectivity index (χ2n) is 8.02. The van der Waals surface area contributed by atoms with Gasteiger partial charge in [-0.05, 0) is 71.1 Å². The molecule has 1 amide bonds. The number of aryl methyl sites for hydroxylation is 1. The Hall–Kier alpha value is -1.91. The number of amides is 1. The maximum absolute atomic E-state index is 12.8. The zero-order chi connectivity index (χ0) is 17.5. The fourth-order valence-corrected chi connectivity index (χ4v) is 3.88. The Bertz CT molecular complexity index is 636. The van der Waals surface area contributed by atoms with E-state index in [2.05, 4.69) is 4.98 Å². The van der Waals surface area contributed by atoms with Crippen LogP contribution in [0.1, 0.15) is 62.5 Å². The van der Waals surface area contributed by atoms with Crippen LogP contribution in [-0.2, 0) is 4.74 Å². The van der Waals surface area contributed by atoms with Crippen LogP contribution < -0.4 is 0 Å². The predicted molar refractivity (Wildman–Crippen MR) is 90.9 cm³/mol. The van der Waals surface area contributed by atoms with Gasteiger partial charge >= 0.3 is 6.09 Å². The highest BCUT2D eigenvalue weighted by Gasteiger charge is 2.46. The summed E-state index contributed by atoms with van der Waals surface area (Å²) in [5, 5.41) is 0. The van der Waals surface area contributed by atoms with Gasteiger partial charge < -0.3 is 9.64 Å². The molecule has 24 heavy (non-hydrogen) atoms. The van der Waals surface area contributed by atoms with E-state index in [0.717, 1.165) is 18.4 Å². The molecule has 0 radical (unpaired) electrons. The molecular weight excluding hydrogens is 304 g/mol. The lowest BCUT2D eigenvalue weighted by atomic mass is 9.86. The van der Waals surface area contributed by atoms with Crippen LogP contribution in [0, 0.1) is 12.8 Å². The Morgan fingerprint density at radius 3 is 2.38 bits per heavy atom. The number of ether oxygens (including phenoxy) is 1. The van der Waals surface area contributed by atoms with Crippen LogP contribution in [0.25, 0.3) is 0 Å². The molecule has 0 saturated carbocycles. The molecule has 1 aromatic rings. The van der Waals surface area contributed by atoms with E-state index in [1.54, 1.807) is 6.20 Å². The van der Waals surface area contributed by atoms with Gasteiger partial charge in [-0.25, -0.2) is 4.79 Å². The summed E-state index contributed by atoms with van der Waals surface area (Å²) in [6, 6.07) is 3.96. The normalized spacial score (nSPS) is 26.3. The summed E-state index contributed by atoms with van der Waals surface area (Å²) in [4.78, 5) is 31.4. The second kappa shape index (κ2) is 6.19. The highest BCUT2D eigenvalue weighted by atomic mass is 16.6. The molecule has 2 unspecified atom stereocenters. The van der Waals surface area contributed by atoms with Gasteiger partial charge in [-0.2, -0.15) is 0 Å². The van der Waals surface area contributed by atoms with Crippen LogP contribution in [-0.4, -0.2) is 39.4 Å². The Morgan fingerprint density at radius 2 is 1.83 bits per heavy atom. The van der Waals surface area contributed by atoms with Crippen LogP contribution in [0.15, 0.2) is 18.3 Å². The van der Waals surface area contributed by atoms with Crippen molar-refractivity contribution < 1.29 is 14.3 Å². The average molecular weight is 330 g/mol. The van der Waals surface area contributed by atoms with E-state index in [-0.39, 0.29) is 29.9 Å². The molecule has 2 atom stereocenters. The third-order valence-electron chi connectivity index (χ3n) is 4.88. The smallest absolute Gasteiger partial charge is 0.410 e. The van der Waals surface area contributed by atoms with E-state index in [1.807, 2.05) is 44.7 Å². The van der Waals surface area contributed by atoms with Crippen molar-refractivity contribution in [2.24, 2.45) is 5.92 Å². The molecule has 0 aliphatic carbocycles.